The lowest BCUT2D eigenvalue weighted by Crippen LogP contribution is -2.08. The Morgan fingerprint density at radius 2 is 2.00 bits per heavy atom. The third-order valence-electron chi connectivity index (χ3n) is 1.82. The molecule has 0 amide bonds. The van der Waals surface area contributed by atoms with E-state index in [0.717, 1.165) is 5.75 Å². The molecule has 0 saturated carbocycles. The van der Waals surface area contributed by atoms with Gasteiger partial charge >= 0.3 is 0 Å². The third kappa shape index (κ3) is 2.49. The predicted octanol–water partition coefficient (Wildman–Crippen LogP) is 3.24. The highest BCUT2D eigenvalue weighted by Gasteiger charge is 2.14. The van der Waals surface area contributed by atoms with Crippen molar-refractivity contribution >= 4 is 38.5 Å². The van der Waals surface area contributed by atoms with Gasteiger partial charge in [-0.2, -0.15) is 0 Å². The van der Waals surface area contributed by atoms with Gasteiger partial charge in [0.2, 0.25) is 0 Å². The highest BCUT2D eigenvalue weighted by atomic mass is 79.9. The number of aliphatic imine (C=N–C) groups is 1. The minimum Gasteiger partial charge on any atom is -0.330 e. The number of thioether (sulfide) groups is 1. The Labute approximate surface area is 98.3 Å². The summed E-state index contributed by atoms with van der Waals surface area (Å²) in [5.41, 5.74) is -0.147. The van der Waals surface area contributed by atoms with Gasteiger partial charge in [0.15, 0.2) is 16.8 Å². The van der Waals surface area contributed by atoms with Crippen molar-refractivity contribution in [3.8, 4) is 0 Å². The van der Waals surface area contributed by atoms with Gasteiger partial charge in [0.1, 0.15) is 5.69 Å². The fraction of sp³-hybridized carbons (Fsp3) is 0.222. The Balaban J connectivity index is 2.27. The number of anilines is 1. The van der Waals surface area contributed by atoms with Crippen LogP contribution in [0, 0.1) is 11.6 Å². The van der Waals surface area contributed by atoms with Gasteiger partial charge in [-0.3, -0.25) is 4.99 Å². The maximum atomic E-state index is 13.4. The summed E-state index contributed by atoms with van der Waals surface area (Å²) in [6, 6.07) is 2.43. The number of halogens is 3. The van der Waals surface area contributed by atoms with E-state index >= 15 is 0 Å². The van der Waals surface area contributed by atoms with Gasteiger partial charge < -0.3 is 5.32 Å². The molecule has 1 N–H and O–H groups in total. The Morgan fingerprint density at radius 1 is 1.33 bits per heavy atom. The fourth-order valence-electron chi connectivity index (χ4n) is 1.18. The summed E-state index contributed by atoms with van der Waals surface area (Å²) in [7, 11) is 0. The number of benzene rings is 1. The number of hydrogen-bond acceptors (Lipinski definition) is 3. The third-order valence-corrected chi connectivity index (χ3v) is 3.17. The number of amidine groups is 1. The van der Waals surface area contributed by atoms with Gasteiger partial charge in [-0.05, 0) is 12.1 Å². The minimum atomic E-state index is -0.628. The summed E-state index contributed by atoms with van der Waals surface area (Å²) in [4.78, 5) is 4.06. The average Bonchev–Trinajstić information content (AvgIpc) is 2.63. The van der Waals surface area contributed by atoms with Crippen LogP contribution < -0.4 is 5.32 Å². The largest absolute Gasteiger partial charge is 0.330 e. The van der Waals surface area contributed by atoms with E-state index < -0.39 is 11.6 Å². The molecule has 0 spiro atoms. The van der Waals surface area contributed by atoms with Crippen molar-refractivity contribution in [1.29, 1.82) is 0 Å². The van der Waals surface area contributed by atoms with Crippen molar-refractivity contribution < 1.29 is 8.78 Å². The van der Waals surface area contributed by atoms with E-state index in [4.69, 9.17) is 0 Å². The van der Waals surface area contributed by atoms with Crippen molar-refractivity contribution in [1.82, 2.24) is 0 Å². The maximum Gasteiger partial charge on any atom is 0.161 e. The first-order chi connectivity index (χ1) is 7.16. The highest BCUT2D eigenvalue weighted by Crippen LogP contribution is 2.25. The van der Waals surface area contributed by atoms with Crippen molar-refractivity contribution in [2.45, 2.75) is 0 Å². The van der Waals surface area contributed by atoms with Crippen molar-refractivity contribution in [2.75, 3.05) is 17.6 Å². The monoisotopic (exact) mass is 292 g/mol. The SMILES string of the molecule is Fc1cc(Br)cc(F)c1NC1=NCCS1. The number of rotatable bonds is 1. The molecule has 0 saturated heterocycles. The lowest BCUT2D eigenvalue weighted by molar-refractivity contribution is 0.590. The lowest BCUT2D eigenvalue weighted by atomic mass is 10.3. The molecule has 1 aromatic rings. The second-order valence-corrected chi connectivity index (χ2v) is 4.90. The molecule has 2 nitrogen and oxygen atoms in total. The number of hydrogen-bond donors (Lipinski definition) is 1. The minimum absolute atomic E-state index is 0.147. The summed E-state index contributed by atoms with van der Waals surface area (Å²) < 4.78 is 27.1. The van der Waals surface area contributed by atoms with Gasteiger partial charge in [0.25, 0.3) is 0 Å². The molecular formula is C9H7BrF2N2S. The molecule has 2 rings (SSSR count). The van der Waals surface area contributed by atoms with E-state index in [-0.39, 0.29) is 5.69 Å². The van der Waals surface area contributed by atoms with Gasteiger partial charge in [0, 0.05) is 10.2 Å². The van der Waals surface area contributed by atoms with Crippen LogP contribution in [-0.2, 0) is 0 Å². The van der Waals surface area contributed by atoms with E-state index in [1.165, 1.54) is 23.9 Å². The van der Waals surface area contributed by atoms with Crippen LogP contribution >= 0.6 is 27.7 Å². The topological polar surface area (TPSA) is 24.4 Å². The number of nitrogens with one attached hydrogen (secondary N) is 1. The highest BCUT2D eigenvalue weighted by molar-refractivity contribution is 9.10. The van der Waals surface area contributed by atoms with Crippen LogP contribution in [0.1, 0.15) is 0 Å². The second kappa shape index (κ2) is 4.49. The molecule has 0 unspecified atom stereocenters. The van der Waals surface area contributed by atoms with Crippen LogP contribution in [0.3, 0.4) is 0 Å². The molecule has 1 heterocycles. The van der Waals surface area contributed by atoms with Crippen LogP contribution in [0.5, 0.6) is 0 Å². The van der Waals surface area contributed by atoms with Gasteiger partial charge in [-0.1, -0.05) is 27.7 Å². The summed E-state index contributed by atoms with van der Waals surface area (Å²) >= 11 is 4.47. The molecule has 80 valence electrons. The molecule has 0 bridgehead atoms. The smallest absolute Gasteiger partial charge is 0.161 e. The number of nitrogens with zero attached hydrogens (tertiary/aromatic N) is 1. The molecule has 1 aromatic carbocycles. The normalized spacial score (nSPS) is 15.3. The van der Waals surface area contributed by atoms with Crippen LogP contribution in [0.4, 0.5) is 14.5 Å². The zero-order valence-corrected chi connectivity index (χ0v) is 9.96. The maximum absolute atomic E-state index is 13.4. The molecule has 0 aromatic heterocycles. The fourth-order valence-corrected chi connectivity index (χ4v) is 2.31. The summed E-state index contributed by atoms with van der Waals surface area (Å²) in [6.07, 6.45) is 0. The van der Waals surface area contributed by atoms with Crippen LogP contribution in [0.2, 0.25) is 0 Å². The first kappa shape index (κ1) is 10.9. The van der Waals surface area contributed by atoms with E-state index in [0.29, 0.717) is 16.2 Å². The summed E-state index contributed by atoms with van der Waals surface area (Å²) in [5.74, 6) is -0.406. The molecule has 0 radical (unpaired) electrons. The lowest BCUT2D eigenvalue weighted by Gasteiger charge is -2.07. The van der Waals surface area contributed by atoms with Gasteiger partial charge in [-0.25, -0.2) is 8.78 Å². The molecule has 1 aliphatic rings. The van der Waals surface area contributed by atoms with E-state index in [9.17, 15) is 8.78 Å². The predicted molar refractivity (Wildman–Crippen MR) is 62.4 cm³/mol. The van der Waals surface area contributed by atoms with Crippen LogP contribution in [0.25, 0.3) is 0 Å². The molecule has 6 heteroatoms. The van der Waals surface area contributed by atoms with E-state index in [2.05, 4.69) is 26.2 Å². The first-order valence-corrected chi connectivity index (χ1v) is 6.03. The molecule has 0 aliphatic carbocycles. The Hall–Kier alpha value is -0.620. The zero-order valence-electron chi connectivity index (χ0n) is 7.56. The van der Waals surface area contributed by atoms with Gasteiger partial charge in [-0.15, -0.1) is 0 Å². The summed E-state index contributed by atoms with van der Waals surface area (Å²) in [6.45, 7) is 0.687. The molecule has 0 atom stereocenters. The first-order valence-electron chi connectivity index (χ1n) is 4.25. The Kier molecular flexibility index (Phi) is 3.25. The van der Waals surface area contributed by atoms with Crippen LogP contribution in [0.15, 0.2) is 21.6 Å². The van der Waals surface area contributed by atoms with Crippen molar-refractivity contribution in [3.63, 3.8) is 0 Å². The average molecular weight is 293 g/mol. The standard InChI is InChI=1S/C9H7BrF2N2S/c10-5-3-6(11)8(7(12)4-5)14-9-13-1-2-15-9/h3-4H,1-2H2,(H,13,14). The molecule has 1 aliphatic heterocycles. The summed E-state index contributed by atoms with van der Waals surface area (Å²) in [5, 5.41) is 3.21. The van der Waals surface area contributed by atoms with Crippen molar-refractivity contribution in [3.05, 3.63) is 28.2 Å². The molecule has 0 fully saturated rings. The quantitative estimate of drug-likeness (QED) is 0.859. The van der Waals surface area contributed by atoms with Crippen LogP contribution in [-0.4, -0.2) is 17.5 Å². The zero-order chi connectivity index (χ0) is 10.8. The molecular weight excluding hydrogens is 286 g/mol. The Bertz CT molecular complexity index is 400. The Morgan fingerprint density at radius 3 is 2.53 bits per heavy atom. The van der Waals surface area contributed by atoms with E-state index in [1.807, 2.05) is 0 Å². The van der Waals surface area contributed by atoms with E-state index in [1.54, 1.807) is 0 Å². The molecule has 15 heavy (non-hydrogen) atoms. The van der Waals surface area contributed by atoms with Crippen molar-refractivity contribution in [2.24, 2.45) is 4.99 Å². The second-order valence-electron chi connectivity index (χ2n) is 2.90. The van der Waals surface area contributed by atoms with Gasteiger partial charge in [0.05, 0.1) is 6.54 Å².